The summed E-state index contributed by atoms with van der Waals surface area (Å²) in [4.78, 5) is 21.7. The molecule has 1 fully saturated rings. The van der Waals surface area contributed by atoms with Gasteiger partial charge in [0.15, 0.2) is 0 Å². The first-order valence-electron chi connectivity index (χ1n) is 9.88. The Hall–Kier alpha value is -2.86. The average molecular weight is 378 g/mol. The maximum atomic E-state index is 12.4. The van der Waals surface area contributed by atoms with E-state index in [0.29, 0.717) is 13.2 Å². The SMILES string of the molecule is O=C(NCCc1c[nH]c2ccccc12)N1CCC(OCc2cccnc2)CC1. The van der Waals surface area contributed by atoms with Crippen molar-refractivity contribution in [2.24, 2.45) is 0 Å². The molecule has 3 aromatic rings. The average Bonchev–Trinajstić information content (AvgIpc) is 3.16. The van der Waals surface area contributed by atoms with Crippen LogP contribution in [0.2, 0.25) is 0 Å². The Kier molecular flexibility index (Phi) is 5.87. The molecule has 4 rings (SSSR count). The van der Waals surface area contributed by atoms with Gasteiger partial charge in [0.25, 0.3) is 0 Å². The Morgan fingerprint density at radius 2 is 2.07 bits per heavy atom. The molecule has 28 heavy (non-hydrogen) atoms. The lowest BCUT2D eigenvalue weighted by atomic mass is 10.1. The van der Waals surface area contributed by atoms with Gasteiger partial charge >= 0.3 is 6.03 Å². The lowest BCUT2D eigenvalue weighted by molar-refractivity contribution is 0.00438. The number of pyridine rings is 1. The van der Waals surface area contributed by atoms with Gasteiger partial charge in [0, 0.05) is 49.1 Å². The van der Waals surface area contributed by atoms with Crippen LogP contribution in [0.5, 0.6) is 0 Å². The molecule has 0 aliphatic carbocycles. The Labute approximate surface area is 164 Å². The van der Waals surface area contributed by atoms with Crippen LogP contribution in [0.4, 0.5) is 4.79 Å². The summed E-state index contributed by atoms with van der Waals surface area (Å²) in [7, 11) is 0. The highest BCUT2D eigenvalue weighted by Crippen LogP contribution is 2.18. The van der Waals surface area contributed by atoms with Crippen molar-refractivity contribution in [3.05, 3.63) is 66.1 Å². The number of H-pyrrole nitrogens is 1. The molecule has 1 aromatic carbocycles. The molecule has 0 atom stereocenters. The van der Waals surface area contributed by atoms with E-state index in [9.17, 15) is 4.79 Å². The summed E-state index contributed by atoms with van der Waals surface area (Å²) in [6.45, 7) is 2.68. The standard InChI is InChI=1S/C22H26N4O2/c27-22(24-11-7-18-15-25-21-6-2-1-5-20(18)21)26-12-8-19(9-13-26)28-16-17-4-3-10-23-14-17/h1-6,10,14-15,19,25H,7-9,11-13,16H2,(H,24,27). The molecule has 6 nitrogen and oxygen atoms in total. The smallest absolute Gasteiger partial charge is 0.317 e. The second-order valence-electron chi connectivity index (χ2n) is 7.20. The molecule has 3 heterocycles. The summed E-state index contributed by atoms with van der Waals surface area (Å²) < 4.78 is 5.97. The van der Waals surface area contributed by atoms with E-state index < -0.39 is 0 Å². The monoisotopic (exact) mass is 378 g/mol. The molecule has 0 spiro atoms. The molecule has 0 unspecified atom stereocenters. The first kappa shape index (κ1) is 18.5. The number of piperidine rings is 1. The fraction of sp³-hybridized carbons (Fsp3) is 0.364. The number of nitrogens with one attached hydrogen (secondary N) is 2. The number of rotatable bonds is 6. The summed E-state index contributed by atoms with van der Waals surface area (Å²) >= 11 is 0. The minimum absolute atomic E-state index is 0.0190. The number of amides is 2. The number of benzene rings is 1. The fourth-order valence-corrected chi connectivity index (χ4v) is 3.68. The maximum Gasteiger partial charge on any atom is 0.317 e. The van der Waals surface area contributed by atoms with Gasteiger partial charge < -0.3 is 19.9 Å². The molecule has 0 saturated carbocycles. The van der Waals surface area contributed by atoms with Crippen molar-refractivity contribution in [1.82, 2.24) is 20.2 Å². The van der Waals surface area contributed by atoms with E-state index in [1.54, 1.807) is 6.20 Å². The van der Waals surface area contributed by atoms with Gasteiger partial charge in [-0.15, -0.1) is 0 Å². The zero-order chi connectivity index (χ0) is 19.2. The maximum absolute atomic E-state index is 12.4. The highest BCUT2D eigenvalue weighted by Gasteiger charge is 2.23. The van der Waals surface area contributed by atoms with Gasteiger partial charge in [-0.25, -0.2) is 4.79 Å². The zero-order valence-electron chi connectivity index (χ0n) is 15.9. The summed E-state index contributed by atoms with van der Waals surface area (Å²) in [5.41, 5.74) is 3.45. The number of nitrogens with zero attached hydrogens (tertiary/aromatic N) is 2. The first-order valence-corrected chi connectivity index (χ1v) is 9.88. The van der Waals surface area contributed by atoms with Crippen LogP contribution < -0.4 is 5.32 Å². The van der Waals surface area contributed by atoms with Crippen LogP contribution in [0.25, 0.3) is 10.9 Å². The van der Waals surface area contributed by atoms with Crippen molar-refractivity contribution in [2.75, 3.05) is 19.6 Å². The van der Waals surface area contributed by atoms with Gasteiger partial charge in [0.1, 0.15) is 0 Å². The molecule has 1 aliphatic rings. The Morgan fingerprint density at radius 1 is 1.21 bits per heavy atom. The second-order valence-corrected chi connectivity index (χ2v) is 7.20. The van der Waals surface area contributed by atoms with Gasteiger partial charge in [0.05, 0.1) is 12.7 Å². The van der Waals surface area contributed by atoms with E-state index in [0.717, 1.165) is 43.4 Å². The molecule has 1 aliphatic heterocycles. The third kappa shape index (κ3) is 4.51. The number of fused-ring (bicyclic) bond motifs is 1. The van der Waals surface area contributed by atoms with Gasteiger partial charge in [-0.3, -0.25) is 4.98 Å². The number of para-hydroxylation sites is 1. The third-order valence-corrected chi connectivity index (χ3v) is 5.28. The molecule has 146 valence electrons. The van der Waals surface area contributed by atoms with Crippen LogP contribution in [0, 0.1) is 0 Å². The van der Waals surface area contributed by atoms with Gasteiger partial charge in [0.2, 0.25) is 0 Å². The summed E-state index contributed by atoms with van der Waals surface area (Å²) in [5, 5.41) is 4.28. The van der Waals surface area contributed by atoms with Crippen LogP contribution in [0.15, 0.2) is 55.0 Å². The summed E-state index contributed by atoms with van der Waals surface area (Å²) in [5.74, 6) is 0. The first-order chi connectivity index (χ1) is 13.8. The van der Waals surface area contributed by atoms with Crippen LogP contribution in [0.3, 0.4) is 0 Å². The molecule has 2 N–H and O–H groups in total. The fourth-order valence-electron chi connectivity index (χ4n) is 3.68. The predicted molar refractivity (Wildman–Crippen MR) is 109 cm³/mol. The van der Waals surface area contributed by atoms with E-state index in [4.69, 9.17) is 4.74 Å². The van der Waals surface area contributed by atoms with Crippen molar-refractivity contribution >= 4 is 16.9 Å². The molecule has 0 bridgehead atoms. The second kappa shape index (κ2) is 8.89. The van der Waals surface area contributed by atoms with Crippen molar-refractivity contribution in [1.29, 1.82) is 0 Å². The molecule has 0 radical (unpaired) electrons. The Morgan fingerprint density at radius 3 is 2.89 bits per heavy atom. The van der Waals surface area contributed by atoms with Crippen LogP contribution >= 0.6 is 0 Å². The minimum Gasteiger partial charge on any atom is -0.373 e. The van der Waals surface area contributed by atoms with Crippen molar-refractivity contribution < 1.29 is 9.53 Å². The van der Waals surface area contributed by atoms with E-state index in [2.05, 4.69) is 27.4 Å². The molecule has 2 amide bonds. The highest BCUT2D eigenvalue weighted by atomic mass is 16.5. The van der Waals surface area contributed by atoms with E-state index in [1.807, 2.05) is 41.6 Å². The molecular formula is C22H26N4O2. The largest absolute Gasteiger partial charge is 0.373 e. The van der Waals surface area contributed by atoms with Gasteiger partial charge in [-0.2, -0.15) is 0 Å². The Bertz CT molecular complexity index is 901. The number of aromatic nitrogens is 2. The molecule has 6 heteroatoms. The molecular weight excluding hydrogens is 352 g/mol. The van der Waals surface area contributed by atoms with Crippen LogP contribution in [-0.4, -0.2) is 46.6 Å². The highest BCUT2D eigenvalue weighted by molar-refractivity contribution is 5.83. The number of hydrogen-bond acceptors (Lipinski definition) is 3. The predicted octanol–water partition coefficient (Wildman–Crippen LogP) is 3.50. The Balaban J connectivity index is 1.18. The number of urea groups is 1. The number of ether oxygens (including phenoxy) is 1. The summed E-state index contributed by atoms with van der Waals surface area (Å²) in [6.07, 6.45) is 8.39. The van der Waals surface area contributed by atoms with Crippen LogP contribution in [0.1, 0.15) is 24.0 Å². The third-order valence-electron chi connectivity index (χ3n) is 5.28. The quantitative estimate of drug-likeness (QED) is 0.690. The number of carbonyl (C=O) groups excluding carboxylic acids is 1. The molecule has 1 saturated heterocycles. The van der Waals surface area contributed by atoms with Crippen molar-refractivity contribution in [2.45, 2.75) is 32.0 Å². The molecule has 2 aromatic heterocycles. The van der Waals surface area contributed by atoms with Crippen molar-refractivity contribution in [3.63, 3.8) is 0 Å². The summed E-state index contributed by atoms with van der Waals surface area (Å²) in [6, 6.07) is 12.2. The number of hydrogen-bond donors (Lipinski definition) is 2. The lowest BCUT2D eigenvalue weighted by Crippen LogP contribution is -2.46. The number of likely N-dealkylation sites (tertiary alicyclic amines) is 1. The van der Waals surface area contributed by atoms with Crippen molar-refractivity contribution in [3.8, 4) is 0 Å². The topological polar surface area (TPSA) is 70.2 Å². The normalized spacial score (nSPS) is 15.1. The van der Waals surface area contributed by atoms with Gasteiger partial charge in [-0.1, -0.05) is 24.3 Å². The number of carbonyl (C=O) groups is 1. The van der Waals surface area contributed by atoms with E-state index in [1.165, 1.54) is 10.9 Å². The van der Waals surface area contributed by atoms with Gasteiger partial charge in [-0.05, 0) is 42.5 Å². The minimum atomic E-state index is 0.0190. The number of aromatic amines is 1. The zero-order valence-corrected chi connectivity index (χ0v) is 15.9. The lowest BCUT2D eigenvalue weighted by Gasteiger charge is -2.32. The van der Waals surface area contributed by atoms with E-state index in [-0.39, 0.29) is 12.1 Å². The van der Waals surface area contributed by atoms with Crippen LogP contribution in [-0.2, 0) is 17.8 Å². The van der Waals surface area contributed by atoms with E-state index >= 15 is 0 Å².